The van der Waals surface area contributed by atoms with Crippen LogP contribution in [0.3, 0.4) is 0 Å². The van der Waals surface area contributed by atoms with Crippen molar-refractivity contribution >= 4 is 22.9 Å². The van der Waals surface area contributed by atoms with E-state index < -0.39 is 12.2 Å². The molecule has 5 nitrogen and oxygen atoms in total. The maximum absolute atomic E-state index is 13.9. The molecule has 0 aromatic rings. The average molecular weight is 262 g/mol. The van der Waals surface area contributed by atoms with E-state index in [2.05, 4.69) is 0 Å². The fourth-order valence-electron chi connectivity index (χ4n) is 2.28. The average Bonchev–Trinajstić information content (AvgIpc) is 2.60. The lowest BCUT2D eigenvalue weighted by Gasteiger charge is -2.37. The minimum absolute atomic E-state index is 0.00514. The number of nitrogens with zero attached hydrogens (tertiary/aromatic N) is 2. The molecular formula is C10H15FN2O3S. The second kappa shape index (κ2) is 5.32. The van der Waals surface area contributed by atoms with Gasteiger partial charge in [0.25, 0.3) is 5.24 Å². The summed E-state index contributed by atoms with van der Waals surface area (Å²) in [6.07, 6.45) is -0.777. The number of piperidine rings is 1. The highest BCUT2D eigenvalue weighted by atomic mass is 32.2. The number of alkyl halides is 1. The predicted octanol–water partition coefficient (Wildman–Crippen LogP) is 0.0865. The third-order valence-corrected chi connectivity index (χ3v) is 3.96. The summed E-state index contributed by atoms with van der Waals surface area (Å²) in [6.45, 7) is 1.21. The maximum atomic E-state index is 13.9. The van der Waals surface area contributed by atoms with E-state index in [9.17, 15) is 14.0 Å². The summed E-state index contributed by atoms with van der Waals surface area (Å²) in [4.78, 5) is 25.9. The Morgan fingerprint density at radius 2 is 2.24 bits per heavy atom. The quantitative estimate of drug-likeness (QED) is 0.781. The van der Waals surface area contributed by atoms with E-state index in [0.29, 0.717) is 19.5 Å². The van der Waals surface area contributed by atoms with Crippen LogP contribution in [0.1, 0.15) is 6.42 Å². The first-order chi connectivity index (χ1) is 8.13. The van der Waals surface area contributed by atoms with Crippen molar-refractivity contribution in [1.29, 1.82) is 0 Å². The van der Waals surface area contributed by atoms with E-state index >= 15 is 0 Å². The van der Waals surface area contributed by atoms with Crippen LogP contribution in [0.2, 0.25) is 0 Å². The van der Waals surface area contributed by atoms with Gasteiger partial charge in [-0.05, 0) is 6.42 Å². The van der Waals surface area contributed by atoms with Gasteiger partial charge in [0.1, 0.15) is 6.17 Å². The molecule has 0 unspecified atom stereocenters. The van der Waals surface area contributed by atoms with Gasteiger partial charge in [0, 0.05) is 19.6 Å². The fourth-order valence-corrected chi connectivity index (χ4v) is 3.04. The third kappa shape index (κ3) is 2.61. The summed E-state index contributed by atoms with van der Waals surface area (Å²) in [5.74, 6) is -0.161. The van der Waals surface area contributed by atoms with Gasteiger partial charge in [-0.25, -0.2) is 4.39 Å². The molecule has 2 rings (SSSR count). The van der Waals surface area contributed by atoms with Crippen LogP contribution in [-0.2, 0) is 4.79 Å². The molecule has 96 valence electrons. The zero-order valence-corrected chi connectivity index (χ0v) is 10.2. The maximum Gasteiger partial charge on any atom is 0.289 e. The van der Waals surface area contributed by atoms with Crippen molar-refractivity contribution in [3.05, 3.63) is 0 Å². The van der Waals surface area contributed by atoms with Gasteiger partial charge < -0.3 is 5.11 Å². The molecule has 2 aliphatic heterocycles. The molecule has 0 aliphatic carbocycles. The molecule has 1 N–H and O–H groups in total. The topological polar surface area (TPSA) is 60.9 Å². The highest BCUT2D eigenvalue weighted by Crippen LogP contribution is 2.28. The van der Waals surface area contributed by atoms with Gasteiger partial charge >= 0.3 is 0 Å². The smallest absolute Gasteiger partial charge is 0.289 e. The number of hydrogen-bond acceptors (Lipinski definition) is 5. The minimum Gasteiger partial charge on any atom is -0.395 e. The number of likely N-dealkylation sites (tertiary alicyclic amines) is 1. The highest BCUT2D eigenvalue weighted by molar-refractivity contribution is 8.14. The highest BCUT2D eigenvalue weighted by Gasteiger charge is 2.42. The van der Waals surface area contributed by atoms with Gasteiger partial charge in [-0.3, -0.25) is 19.4 Å². The van der Waals surface area contributed by atoms with Crippen molar-refractivity contribution < 1.29 is 19.1 Å². The van der Waals surface area contributed by atoms with Gasteiger partial charge in [-0.1, -0.05) is 11.8 Å². The van der Waals surface area contributed by atoms with Crippen LogP contribution in [-0.4, -0.2) is 70.3 Å². The lowest BCUT2D eigenvalue weighted by molar-refractivity contribution is -0.128. The molecule has 2 aliphatic rings. The number of rotatable bonds is 3. The van der Waals surface area contributed by atoms with Crippen LogP contribution >= 0.6 is 11.8 Å². The van der Waals surface area contributed by atoms with Crippen LogP contribution in [0.5, 0.6) is 0 Å². The van der Waals surface area contributed by atoms with Crippen molar-refractivity contribution in [3.8, 4) is 0 Å². The molecule has 7 heteroatoms. The van der Waals surface area contributed by atoms with Crippen molar-refractivity contribution in [2.45, 2.75) is 18.6 Å². The first-order valence-electron chi connectivity index (χ1n) is 5.59. The number of halogens is 1. The molecule has 2 amide bonds. The Morgan fingerprint density at radius 1 is 1.47 bits per heavy atom. The van der Waals surface area contributed by atoms with Crippen LogP contribution < -0.4 is 0 Å². The normalized spacial score (nSPS) is 31.3. The monoisotopic (exact) mass is 262 g/mol. The summed E-state index contributed by atoms with van der Waals surface area (Å²) in [7, 11) is 0. The van der Waals surface area contributed by atoms with E-state index in [4.69, 9.17) is 5.11 Å². The Balaban J connectivity index is 1.99. The van der Waals surface area contributed by atoms with Gasteiger partial charge in [0.2, 0.25) is 5.91 Å². The predicted molar refractivity (Wildman–Crippen MR) is 61.5 cm³/mol. The molecule has 0 aromatic heterocycles. The molecule has 0 bridgehead atoms. The summed E-state index contributed by atoms with van der Waals surface area (Å²) in [6, 6.07) is -0.625. The summed E-state index contributed by atoms with van der Waals surface area (Å²) >= 11 is 0.937. The summed E-state index contributed by atoms with van der Waals surface area (Å²) < 4.78 is 13.9. The largest absolute Gasteiger partial charge is 0.395 e. The van der Waals surface area contributed by atoms with Crippen LogP contribution in [0.25, 0.3) is 0 Å². The Hall–Kier alpha value is -0.660. The molecule has 0 saturated carbocycles. The van der Waals surface area contributed by atoms with E-state index in [1.807, 2.05) is 0 Å². The van der Waals surface area contributed by atoms with Crippen molar-refractivity contribution in [2.75, 3.05) is 32.0 Å². The second-order valence-electron chi connectivity index (χ2n) is 4.21. The lowest BCUT2D eigenvalue weighted by atomic mass is 10.0. The van der Waals surface area contributed by atoms with Crippen LogP contribution in [0.15, 0.2) is 0 Å². The lowest BCUT2D eigenvalue weighted by Crippen LogP contribution is -2.54. The van der Waals surface area contributed by atoms with Gasteiger partial charge in [0.15, 0.2) is 0 Å². The molecule has 2 heterocycles. The molecule has 2 atom stereocenters. The van der Waals surface area contributed by atoms with Crippen molar-refractivity contribution in [1.82, 2.24) is 9.80 Å². The molecule has 0 spiro atoms. The molecule has 2 fully saturated rings. The van der Waals surface area contributed by atoms with Crippen LogP contribution in [0.4, 0.5) is 9.18 Å². The number of carbonyl (C=O) groups excluding carboxylic acids is 2. The molecule has 0 radical (unpaired) electrons. The molecule has 17 heavy (non-hydrogen) atoms. The first-order valence-corrected chi connectivity index (χ1v) is 6.58. The number of aliphatic hydroxyl groups excluding tert-OH is 1. The Kier molecular flexibility index (Phi) is 4.01. The second-order valence-corrected chi connectivity index (χ2v) is 5.14. The zero-order chi connectivity index (χ0) is 12.4. The molecule has 0 aromatic carbocycles. The number of β-amino-alcohol motifs (C(OH)–C–C–N with tert-alkyl or cyclic N) is 1. The van der Waals surface area contributed by atoms with Crippen LogP contribution in [0, 0.1) is 0 Å². The summed E-state index contributed by atoms with van der Waals surface area (Å²) in [5.41, 5.74) is 0. The first kappa shape index (κ1) is 12.8. The SMILES string of the molecule is O=C1CSC(=O)N1[C@@H]1CCN(CCO)C[C@H]1F. The molecule has 2 saturated heterocycles. The third-order valence-electron chi connectivity index (χ3n) is 3.12. The summed E-state index contributed by atoms with van der Waals surface area (Å²) in [5, 5.41) is 8.45. The number of carbonyl (C=O) groups is 2. The number of hydrogen-bond donors (Lipinski definition) is 1. The van der Waals surface area contributed by atoms with E-state index in [0.717, 1.165) is 16.7 Å². The van der Waals surface area contributed by atoms with Gasteiger partial charge in [-0.15, -0.1) is 0 Å². The number of thioether (sulfide) groups is 1. The van der Waals surface area contributed by atoms with Gasteiger partial charge in [0.05, 0.1) is 18.4 Å². The Morgan fingerprint density at radius 3 is 2.76 bits per heavy atom. The van der Waals surface area contributed by atoms with Crippen molar-refractivity contribution in [3.63, 3.8) is 0 Å². The minimum atomic E-state index is -1.22. The Labute approximate surface area is 103 Å². The zero-order valence-electron chi connectivity index (χ0n) is 9.34. The Bertz CT molecular complexity index is 313. The number of aliphatic hydroxyl groups is 1. The standard InChI is InChI=1S/C10H15FN2O3S/c11-7-5-12(3-4-14)2-1-8(7)13-9(15)6-17-10(13)16/h7-8,14H,1-6H2/t7-,8-/m1/s1. The number of imide groups is 1. The van der Waals surface area contributed by atoms with Gasteiger partial charge in [-0.2, -0.15) is 0 Å². The van der Waals surface area contributed by atoms with Crippen molar-refractivity contribution in [2.24, 2.45) is 0 Å². The van der Waals surface area contributed by atoms with E-state index in [1.165, 1.54) is 0 Å². The molecular weight excluding hydrogens is 247 g/mol. The number of amides is 2. The van der Waals surface area contributed by atoms with E-state index in [-0.39, 0.29) is 30.1 Å². The van der Waals surface area contributed by atoms with E-state index in [1.54, 1.807) is 4.90 Å². The fraction of sp³-hybridized carbons (Fsp3) is 0.800.